The van der Waals surface area contributed by atoms with Gasteiger partial charge in [0.2, 0.25) is 5.91 Å². The van der Waals surface area contributed by atoms with Crippen LogP contribution < -0.4 is 11.1 Å². The molecule has 1 amide bonds. The topological polar surface area (TPSA) is 119 Å². The molecule has 0 rings (SSSR count). The highest BCUT2D eigenvalue weighted by Gasteiger charge is 2.19. The Morgan fingerprint density at radius 2 is 0.942 bits per heavy atom. The summed E-state index contributed by atoms with van der Waals surface area (Å²) < 4.78 is 6.05. The number of carboxylic acid groups (broad SMARTS) is 1. The molecule has 306 valence electrons. The molecule has 2 unspecified atom stereocenters. The molecule has 7 nitrogen and oxygen atoms in total. The fourth-order valence-corrected chi connectivity index (χ4v) is 6.92. The third-order valence-corrected chi connectivity index (χ3v) is 10.3. The normalized spacial score (nSPS) is 12.7. The molecule has 0 aliphatic heterocycles. The molecule has 0 aromatic heterocycles. The van der Waals surface area contributed by atoms with E-state index in [4.69, 9.17) is 10.5 Å². The number of esters is 1. The Bertz CT molecular complexity index is 833. The van der Waals surface area contributed by atoms with Gasteiger partial charge < -0.3 is 20.9 Å². The van der Waals surface area contributed by atoms with E-state index >= 15 is 0 Å². The van der Waals surface area contributed by atoms with Gasteiger partial charge in [0.25, 0.3) is 0 Å². The summed E-state index contributed by atoms with van der Waals surface area (Å²) in [6, 6.07) is -0.854. The second-order valence-corrected chi connectivity index (χ2v) is 15.5. The van der Waals surface area contributed by atoms with Crippen LogP contribution in [0.4, 0.5) is 0 Å². The van der Waals surface area contributed by atoms with Crippen molar-refractivity contribution in [3.05, 3.63) is 12.2 Å². The third kappa shape index (κ3) is 36.5. The lowest BCUT2D eigenvalue weighted by Gasteiger charge is -2.18. The summed E-state index contributed by atoms with van der Waals surface area (Å²) in [5.41, 5.74) is 5.49. The molecule has 0 aromatic rings. The largest absolute Gasteiger partial charge is 0.480 e. The molecule has 0 aliphatic rings. The first-order valence-electron chi connectivity index (χ1n) is 22.5. The summed E-state index contributed by atoms with van der Waals surface area (Å²) in [6.07, 6.45) is 44.0. The summed E-state index contributed by atoms with van der Waals surface area (Å²) >= 11 is 0. The van der Waals surface area contributed by atoms with Gasteiger partial charge in [0, 0.05) is 12.8 Å². The lowest BCUT2D eigenvalue weighted by Crippen LogP contribution is -2.40. The molecule has 0 spiro atoms. The maximum absolute atomic E-state index is 12.8. The first kappa shape index (κ1) is 50.1. The molecule has 52 heavy (non-hydrogen) atoms. The molecule has 0 saturated carbocycles. The number of unbranched alkanes of at least 4 members (excludes halogenated alkanes) is 25. The number of hydrogen-bond donors (Lipinski definition) is 3. The maximum atomic E-state index is 12.8. The predicted octanol–water partition coefficient (Wildman–Crippen LogP) is 12.7. The summed E-state index contributed by atoms with van der Waals surface area (Å²) in [5, 5.41) is 11.9. The zero-order valence-corrected chi connectivity index (χ0v) is 34.4. The van der Waals surface area contributed by atoms with Gasteiger partial charge >= 0.3 is 11.9 Å². The van der Waals surface area contributed by atoms with Crippen LogP contribution in [0.5, 0.6) is 0 Å². The second-order valence-electron chi connectivity index (χ2n) is 15.5. The molecule has 0 radical (unpaired) electrons. The van der Waals surface area contributed by atoms with Crippen molar-refractivity contribution < 1.29 is 24.2 Å². The van der Waals surface area contributed by atoms with E-state index in [1.807, 2.05) is 0 Å². The van der Waals surface area contributed by atoms with Crippen LogP contribution in [0, 0.1) is 0 Å². The smallest absolute Gasteiger partial charge is 0.326 e. The molecular weight excluding hydrogens is 649 g/mol. The number of amides is 1. The number of carboxylic acids is 1. The average Bonchev–Trinajstić information content (AvgIpc) is 3.13. The van der Waals surface area contributed by atoms with Crippen molar-refractivity contribution in [2.75, 3.05) is 6.54 Å². The number of rotatable bonds is 41. The van der Waals surface area contributed by atoms with Gasteiger partial charge in [-0.1, -0.05) is 161 Å². The summed E-state index contributed by atoms with van der Waals surface area (Å²) in [5.74, 6) is -1.23. The number of hydrogen-bond acceptors (Lipinski definition) is 5. The lowest BCUT2D eigenvalue weighted by atomic mass is 10.0. The van der Waals surface area contributed by atoms with Crippen LogP contribution in [0.3, 0.4) is 0 Å². The minimum atomic E-state index is -1.00. The number of ether oxygens (including phenoxy) is 1. The SMILES string of the molecule is CCCCCCCC/C=C\CCCCCCCC(=O)OC(CCCCCCCCCCCCC)CCCCCCCC(=O)NC(CCCN)C(=O)O. The van der Waals surface area contributed by atoms with Crippen molar-refractivity contribution in [3.8, 4) is 0 Å². The Morgan fingerprint density at radius 3 is 1.38 bits per heavy atom. The molecule has 2 atom stereocenters. The molecule has 0 fully saturated rings. The first-order valence-corrected chi connectivity index (χ1v) is 22.5. The molecule has 4 N–H and O–H groups in total. The summed E-state index contributed by atoms with van der Waals surface area (Å²) in [4.78, 5) is 36.4. The van der Waals surface area contributed by atoms with E-state index in [1.54, 1.807) is 0 Å². The van der Waals surface area contributed by atoms with E-state index < -0.39 is 12.0 Å². The standard InChI is InChI=1S/C45H86N2O5/c1-3-5-7-9-11-13-15-16-17-18-20-22-24-29-33-39-44(49)52-41(35-30-26-23-21-19-14-12-10-8-6-4-2)36-31-27-25-28-32-38-43(48)47-42(45(50)51)37-34-40-46/h16-17,41-42H,3-15,18-40,46H2,1-2H3,(H,47,48)(H,50,51)/b17-16-. The van der Waals surface area contributed by atoms with Gasteiger partial charge in [-0.05, 0) is 83.6 Å². The minimum absolute atomic E-state index is 0.0152. The first-order chi connectivity index (χ1) is 25.4. The Hall–Kier alpha value is -1.89. The van der Waals surface area contributed by atoms with Gasteiger partial charge in [-0.3, -0.25) is 9.59 Å². The molecule has 0 heterocycles. The molecule has 0 aliphatic carbocycles. The fourth-order valence-electron chi connectivity index (χ4n) is 6.92. The highest BCUT2D eigenvalue weighted by Crippen LogP contribution is 2.19. The van der Waals surface area contributed by atoms with Crippen molar-refractivity contribution in [2.45, 2.75) is 251 Å². The fraction of sp³-hybridized carbons (Fsp3) is 0.889. The number of carbonyl (C=O) groups is 3. The van der Waals surface area contributed by atoms with Gasteiger partial charge in [-0.25, -0.2) is 4.79 Å². The van der Waals surface area contributed by atoms with Crippen LogP contribution in [-0.4, -0.2) is 41.6 Å². The van der Waals surface area contributed by atoms with Crippen LogP contribution in [-0.2, 0) is 19.1 Å². The summed E-state index contributed by atoms with van der Waals surface area (Å²) in [6.45, 7) is 4.95. The van der Waals surface area contributed by atoms with Crippen molar-refractivity contribution in [1.82, 2.24) is 5.32 Å². The number of nitrogens with one attached hydrogen (secondary N) is 1. The molecule has 0 aromatic carbocycles. The van der Waals surface area contributed by atoms with Crippen molar-refractivity contribution in [1.29, 1.82) is 0 Å². The highest BCUT2D eigenvalue weighted by atomic mass is 16.5. The monoisotopic (exact) mass is 735 g/mol. The van der Waals surface area contributed by atoms with Crippen LogP contribution in [0.1, 0.15) is 239 Å². The Morgan fingerprint density at radius 1 is 0.538 bits per heavy atom. The van der Waals surface area contributed by atoms with Crippen molar-refractivity contribution in [2.24, 2.45) is 5.73 Å². The molecule has 0 saturated heterocycles. The zero-order valence-electron chi connectivity index (χ0n) is 34.4. The van der Waals surface area contributed by atoms with E-state index in [9.17, 15) is 19.5 Å². The molecule has 7 heteroatoms. The van der Waals surface area contributed by atoms with Gasteiger partial charge in [-0.2, -0.15) is 0 Å². The van der Waals surface area contributed by atoms with Crippen LogP contribution in [0.15, 0.2) is 12.2 Å². The number of nitrogens with two attached hydrogens (primary N) is 1. The van der Waals surface area contributed by atoms with Gasteiger partial charge in [0.15, 0.2) is 0 Å². The molecule has 0 bridgehead atoms. The summed E-state index contributed by atoms with van der Waals surface area (Å²) in [7, 11) is 0. The second kappa shape index (κ2) is 40.3. The van der Waals surface area contributed by atoms with Gasteiger partial charge in [0.05, 0.1) is 0 Å². The van der Waals surface area contributed by atoms with E-state index in [0.29, 0.717) is 32.2 Å². The van der Waals surface area contributed by atoms with E-state index in [1.165, 1.54) is 135 Å². The molecular formula is C45H86N2O5. The minimum Gasteiger partial charge on any atom is -0.480 e. The van der Waals surface area contributed by atoms with Crippen LogP contribution >= 0.6 is 0 Å². The number of aliphatic carboxylic acids is 1. The van der Waals surface area contributed by atoms with Crippen molar-refractivity contribution in [3.63, 3.8) is 0 Å². The lowest BCUT2D eigenvalue weighted by molar-refractivity contribution is -0.150. The zero-order chi connectivity index (χ0) is 38.2. The Kier molecular flexibility index (Phi) is 38.8. The maximum Gasteiger partial charge on any atom is 0.326 e. The Balaban J connectivity index is 4.28. The average molecular weight is 735 g/mol. The van der Waals surface area contributed by atoms with E-state index in [2.05, 4.69) is 31.3 Å². The quantitative estimate of drug-likeness (QED) is 0.0327. The van der Waals surface area contributed by atoms with Gasteiger partial charge in [0.1, 0.15) is 12.1 Å². The Labute approximate surface area is 321 Å². The van der Waals surface area contributed by atoms with Gasteiger partial charge in [-0.15, -0.1) is 0 Å². The van der Waals surface area contributed by atoms with Crippen LogP contribution in [0.2, 0.25) is 0 Å². The number of allylic oxidation sites excluding steroid dienone is 2. The van der Waals surface area contributed by atoms with E-state index in [0.717, 1.165) is 64.2 Å². The predicted molar refractivity (Wildman–Crippen MR) is 221 cm³/mol. The van der Waals surface area contributed by atoms with E-state index in [-0.39, 0.29) is 18.0 Å². The third-order valence-electron chi connectivity index (χ3n) is 10.3. The van der Waals surface area contributed by atoms with Crippen molar-refractivity contribution >= 4 is 17.8 Å². The highest BCUT2D eigenvalue weighted by molar-refractivity contribution is 5.83. The number of carbonyl (C=O) groups excluding carboxylic acids is 2. The van der Waals surface area contributed by atoms with Crippen LogP contribution in [0.25, 0.3) is 0 Å².